The second kappa shape index (κ2) is 3.70. The standard InChI is InChI=1S/C11H16N2O2/c1-3-13-9(14)6-8(12)10(13)11-7(2)4-5-15-11/h4-5,8,10H,3,6,12H2,1-2H3. The molecule has 2 rings (SSSR count). The van der Waals surface area contributed by atoms with Gasteiger partial charge < -0.3 is 15.1 Å². The van der Waals surface area contributed by atoms with Gasteiger partial charge in [-0.05, 0) is 25.5 Å². The van der Waals surface area contributed by atoms with Gasteiger partial charge in [-0.25, -0.2) is 0 Å². The van der Waals surface area contributed by atoms with Crippen molar-refractivity contribution in [2.24, 2.45) is 5.73 Å². The molecule has 15 heavy (non-hydrogen) atoms. The second-order valence-corrected chi connectivity index (χ2v) is 3.96. The van der Waals surface area contributed by atoms with Crippen LogP contribution >= 0.6 is 0 Å². The number of nitrogens with two attached hydrogens (primary N) is 1. The summed E-state index contributed by atoms with van der Waals surface area (Å²) in [6, 6.07) is 1.67. The minimum atomic E-state index is -0.151. The van der Waals surface area contributed by atoms with Crippen LogP contribution in [0.1, 0.15) is 30.7 Å². The predicted molar refractivity (Wildman–Crippen MR) is 56.2 cm³/mol. The normalized spacial score (nSPS) is 26.3. The van der Waals surface area contributed by atoms with E-state index >= 15 is 0 Å². The molecule has 0 radical (unpaired) electrons. The number of carbonyl (C=O) groups excluding carboxylic acids is 1. The number of furan rings is 1. The fourth-order valence-corrected chi connectivity index (χ4v) is 2.21. The van der Waals surface area contributed by atoms with Gasteiger partial charge in [0.25, 0.3) is 0 Å². The van der Waals surface area contributed by atoms with Crippen LogP contribution in [0.4, 0.5) is 0 Å². The number of aryl methyl sites for hydroxylation is 1. The number of nitrogens with zero attached hydrogens (tertiary/aromatic N) is 1. The third kappa shape index (κ3) is 1.55. The highest BCUT2D eigenvalue weighted by Crippen LogP contribution is 2.33. The van der Waals surface area contributed by atoms with Crippen molar-refractivity contribution in [1.29, 1.82) is 0 Å². The Morgan fingerprint density at radius 2 is 2.40 bits per heavy atom. The minimum Gasteiger partial charge on any atom is -0.467 e. The highest BCUT2D eigenvalue weighted by molar-refractivity contribution is 5.80. The van der Waals surface area contributed by atoms with Crippen molar-refractivity contribution < 1.29 is 9.21 Å². The number of hydrogen-bond acceptors (Lipinski definition) is 3. The van der Waals surface area contributed by atoms with Gasteiger partial charge in [-0.1, -0.05) is 0 Å². The molecule has 2 N–H and O–H groups in total. The Hall–Kier alpha value is -1.29. The van der Waals surface area contributed by atoms with Gasteiger partial charge >= 0.3 is 0 Å². The van der Waals surface area contributed by atoms with E-state index in [1.165, 1.54) is 0 Å². The maximum atomic E-state index is 11.6. The van der Waals surface area contributed by atoms with Crippen LogP contribution in [0.3, 0.4) is 0 Å². The Kier molecular flexibility index (Phi) is 2.52. The lowest BCUT2D eigenvalue weighted by atomic mass is 10.0. The van der Waals surface area contributed by atoms with E-state index in [-0.39, 0.29) is 18.0 Å². The maximum Gasteiger partial charge on any atom is 0.224 e. The molecule has 1 amide bonds. The zero-order valence-corrected chi connectivity index (χ0v) is 9.06. The van der Waals surface area contributed by atoms with Crippen molar-refractivity contribution >= 4 is 5.91 Å². The van der Waals surface area contributed by atoms with Crippen molar-refractivity contribution in [3.05, 3.63) is 23.7 Å². The molecule has 0 aliphatic carbocycles. The monoisotopic (exact) mass is 208 g/mol. The van der Waals surface area contributed by atoms with Crippen LogP contribution < -0.4 is 5.73 Å². The summed E-state index contributed by atoms with van der Waals surface area (Å²) < 4.78 is 5.43. The summed E-state index contributed by atoms with van der Waals surface area (Å²) in [4.78, 5) is 13.4. The van der Waals surface area contributed by atoms with Gasteiger partial charge in [-0.3, -0.25) is 4.79 Å². The number of amides is 1. The highest BCUT2D eigenvalue weighted by atomic mass is 16.3. The van der Waals surface area contributed by atoms with E-state index in [0.717, 1.165) is 11.3 Å². The van der Waals surface area contributed by atoms with E-state index in [2.05, 4.69) is 0 Å². The zero-order chi connectivity index (χ0) is 11.0. The van der Waals surface area contributed by atoms with Crippen molar-refractivity contribution in [3.63, 3.8) is 0 Å². The number of likely N-dealkylation sites (N-methyl/N-ethyl adjacent to an activating group) is 1. The Bertz CT molecular complexity index is 372. The van der Waals surface area contributed by atoms with Crippen molar-refractivity contribution in [3.8, 4) is 0 Å². The maximum absolute atomic E-state index is 11.6. The fraction of sp³-hybridized carbons (Fsp3) is 0.545. The van der Waals surface area contributed by atoms with E-state index in [1.54, 1.807) is 11.2 Å². The predicted octanol–water partition coefficient (Wildman–Crippen LogP) is 1.21. The summed E-state index contributed by atoms with van der Waals surface area (Å²) in [5, 5.41) is 0. The lowest BCUT2D eigenvalue weighted by molar-refractivity contribution is -0.129. The summed E-state index contributed by atoms with van der Waals surface area (Å²) in [7, 11) is 0. The van der Waals surface area contributed by atoms with Crippen LogP contribution in [0.15, 0.2) is 16.7 Å². The first kappa shape index (κ1) is 10.2. The summed E-state index contributed by atoms with van der Waals surface area (Å²) in [6.07, 6.45) is 2.06. The number of rotatable bonds is 2. The Balaban J connectivity index is 2.35. The van der Waals surface area contributed by atoms with Gasteiger partial charge in [0, 0.05) is 19.0 Å². The molecule has 0 bridgehead atoms. The first-order valence-corrected chi connectivity index (χ1v) is 5.24. The van der Waals surface area contributed by atoms with E-state index in [1.807, 2.05) is 19.9 Å². The van der Waals surface area contributed by atoms with Gasteiger partial charge in [0.15, 0.2) is 0 Å². The largest absolute Gasteiger partial charge is 0.467 e. The Morgan fingerprint density at radius 3 is 2.93 bits per heavy atom. The summed E-state index contributed by atoms with van der Waals surface area (Å²) in [5.74, 6) is 0.945. The molecule has 1 aliphatic heterocycles. The molecule has 0 saturated carbocycles. The summed E-state index contributed by atoms with van der Waals surface area (Å²) in [5.41, 5.74) is 7.03. The van der Waals surface area contributed by atoms with E-state index < -0.39 is 0 Å². The second-order valence-electron chi connectivity index (χ2n) is 3.96. The molecule has 4 heteroatoms. The zero-order valence-electron chi connectivity index (χ0n) is 9.06. The Morgan fingerprint density at radius 1 is 1.67 bits per heavy atom. The molecule has 2 heterocycles. The molecule has 1 saturated heterocycles. The van der Waals surface area contributed by atoms with Gasteiger partial charge in [-0.2, -0.15) is 0 Å². The van der Waals surface area contributed by atoms with Crippen LogP contribution in [0.25, 0.3) is 0 Å². The average Bonchev–Trinajstić information content (AvgIpc) is 2.70. The van der Waals surface area contributed by atoms with Crippen LogP contribution in [0, 0.1) is 6.92 Å². The van der Waals surface area contributed by atoms with Crippen LogP contribution in [-0.4, -0.2) is 23.4 Å². The van der Waals surface area contributed by atoms with E-state index in [0.29, 0.717) is 13.0 Å². The van der Waals surface area contributed by atoms with Crippen LogP contribution in [-0.2, 0) is 4.79 Å². The van der Waals surface area contributed by atoms with Crippen molar-refractivity contribution in [2.45, 2.75) is 32.4 Å². The minimum absolute atomic E-state index is 0.0856. The Labute approximate surface area is 89.0 Å². The molecule has 1 fully saturated rings. The molecule has 0 spiro atoms. The van der Waals surface area contributed by atoms with Crippen LogP contribution in [0.2, 0.25) is 0 Å². The third-order valence-electron chi connectivity index (χ3n) is 2.98. The molecule has 1 aromatic rings. The topological polar surface area (TPSA) is 59.5 Å². The molecule has 0 aromatic carbocycles. The van der Waals surface area contributed by atoms with Gasteiger partial charge in [0.05, 0.1) is 6.26 Å². The van der Waals surface area contributed by atoms with Crippen LogP contribution in [0.5, 0.6) is 0 Å². The molecule has 4 nitrogen and oxygen atoms in total. The molecular formula is C11H16N2O2. The van der Waals surface area contributed by atoms with Gasteiger partial charge in [-0.15, -0.1) is 0 Å². The SMILES string of the molecule is CCN1C(=O)CC(N)C1c1occc1C. The summed E-state index contributed by atoms with van der Waals surface area (Å²) >= 11 is 0. The van der Waals surface area contributed by atoms with E-state index in [4.69, 9.17) is 10.2 Å². The molecule has 2 atom stereocenters. The summed E-state index contributed by atoms with van der Waals surface area (Å²) in [6.45, 7) is 4.61. The highest BCUT2D eigenvalue weighted by Gasteiger charge is 2.39. The van der Waals surface area contributed by atoms with Gasteiger partial charge in [0.1, 0.15) is 11.8 Å². The van der Waals surface area contributed by atoms with Crippen molar-refractivity contribution in [2.75, 3.05) is 6.54 Å². The van der Waals surface area contributed by atoms with Crippen molar-refractivity contribution in [1.82, 2.24) is 4.90 Å². The number of likely N-dealkylation sites (tertiary alicyclic amines) is 1. The molecule has 1 aliphatic rings. The van der Waals surface area contributed by atoms with E-state index in [9.17, 15) is 4.79 Å². The smallest absolute Gasteiger partial charge is 0.224 e. The fourth-order valence-electron chi connectivity index (χ4n) is 2.21. The first-order chi connectivity index (χ1) is 7.15. The lowest BCUT2D eigenvalue weighted by Gasteiger charge is -2.24. The quantitative estimate of drug-likeness (QED) is 0.794. The average molecular weight is 208 g/mol. The molecular weight excluding hydrogens is 192 g/mol. The first-order valence-electron chi connectivity index (χ1n) is 5.24. The third-order valence-corrected chi connectivity index (χ3v) is 2.98. The lowest BCUT2D eigenvalue weighted by Crippen LogP contribution is -2.33. The number of carbonyl (C=O) groups is 1. The molecule has 1 aromatic heterocycles. The molecule has 2 unspecified atom stereocenters. The number of hydrogen-bond donors (Lipinski definition) is 1. The van der Waals surface area contributed by atoms with Gasteiger partial charge in [0.2, 0.25) is 5.91 Å². The molecule has 82 valence electrons.